The van der Waals surface area contributed by atoms with E-state index in [1.807, 2.05) is 43.3 Å². The number of para-hydroxylation sites is 2. The normalized spacial score (nSPS) is 13.8. The summed E-state index contributed by atoms with van der Waals surface area (Å²) in [6.45, 7) is 5.06. The van der Waals surface area contributed by atoms with Crippen molar-refractivity contribution in [3.8, 4) is 0 Å². The van der Waals surface area contributed by atoms with Gasteiger partial charge in [0.1, 0.15) is 0 Å². The minimum absolute atomic E-state index is 0.198. The average Bonchev–Trinajstić information content (AvgIpc) is 2.76. The van der Waals surface area contributed by atoms with Crippen LogP contribution in [-0.2, 0) is 4.74 Å². The molecule has 1 fully saturated rings. The van der Waals surface area contributed by atoms with E-state index in [1.54, 1.807) is 18.2 Å². The number of morpholine rings is 1. The second kappa shape index (κ2) is 8.70. The van der Waals surface area contributed by atoms with Gasteiger partial charge in [0.15, 0.2) is 11.6 Å². The Bertz CT molecular complexity index is 985. The summed E-state index contributed by atoms with van der Waals surface area (Å²) in [5.74, 6) is 0.820. The van der Waals surface area contributed by atoms with Gasteiger partial charge < -0.3 is 20.3 Å². The highest BCUT2D eigenvalue weighted by atomic mass is 16.5. The summed E-state index contributed by atoms with van der Waals surface area (Å²) in [7, 11) is 0. The maximum atomic E-state index is 12.4. The largest absolute Gasteiger partial charge is 0.378 e. The van der Waals surface area contributed by atoms with Crippen molar-refractivity contribution in [2.45, 2.75) is 6.92 Å². The Morgan fingerprint density at radius 3 is 2.38 bits per heavy atom. The van der Waals surface area contributed by atoms with Crippen molar-refractivity contribution in [1.82, 2.24) is 10.2 Å². The van der Waals surface area contributed by atoms with Gasteiger partial charge in [0.2, 0.25) is 0 Å². The quantitative estimate of drug-likeness (QED) is 0.694. The van der Waals surface area contributed by atoms with E-state index in [-0.39, 0.29) is 5.91 Å². The van der Waals surface area contributed by atoms with Gasteiger partial charge in [0.05, 0.1) is 24.6 Å². The van der Waals surface area contributed by atoms with Crippen LogP contribution in [0.3, 0.4) is 0 Å². The first kappa shape index (κ1) is 18.9. The van der Waals surface area contributed by atoms with Gasteiger partial charge in [-0.2, -0.15) is 0 Å². The third kappa shape index (κ3) is 4.52. The Kier molecular flexibility index (Phi) is 5.67. The molecule has 3 aromatic rings. The van der Waals surface area contributed by atoms with Gasteiger partial charge in [-0.1, -0.05) is 30.3 Å². The van der Waals surface area contributed by atoms with Crippen LogP contribution in [0.25, 0.3) is 0 Å². The Hall–Kier alpha value is -3.45. The van der Waals surface area contributed by atoms with Gasteiger partial charge in [0.25, 0.3) is 5.91 Å². The summed E-state index contributed by atoms with van der Waals surface area (Å²) in [6.07, 6.45) is 0. The predicted molar refractivity (Wildman–Crippen MR) is 114 cm³/mol. The van der Waals surface area contributed by atoms with Gasteiger partial charge in [0, 0.05) is 18.7 Å². The number of aromatic nitrogens is 2. The molecule has 29 heavy (non-hydrogen) atoms. The Balaban J connectivity index is 1.45. The summed E-state index contributed by atoms with van der Waals surface area (Å²) >= 11 is 0. The van der Waals surface area contributed by atoms with Gasteiger partial charge in [-0.25, -0.2) is 0 Å². The molecule has 0 unspecified atom stereocenters. The second-order valence-electron chi connectivity index (χ2n) is 6.81. The molecule has 0 atom stereocenters. The first-order chi connectivity index (χ1) is 14.2. The van der Waals surface area contributed by atoms with E-state index >= 15 is 0 Å². The van der Waals surface area contributed by atoms with Gasteiger partial charge >= 0.3 is 0 Å². The predicted octanol–water partition coefficient (Wildman–Crippen LogP) is 3.62. The average molecular weight is 389 g/mol. The fraction of sp³-hybridized carbons (Fsp3) is 0.227. The number of anilines is 4. The first-order valence-electron chi connectivity index (χ1n) is 9.60. The molecule has 7 nitrogen and oxygen atoms in total. The topological polar surface area (TPSA) is 79.4 Å². The van der Waals surface area contributed by atoms with Crippen molar-refractivity contribution in [1.29, 1.82) is 0 Å². The fourth-order valence-corrected chi connectivity index (χ4v) is 3.27. The van der Waals surface area contributed by atoms with E-state index in [0.717, 1.165) is 43.2 Å². The maximum absolute atomic E-state index is 12.4. The van der Waals surface area contributed by atoms with Crippen LogP contribution in [0.5, 0.6) is 0 Å². The molecule has 2 heterocycles. The molecular formula is C22H23N5O2. The van der Waals surface area contributed by atoms with E-state index in [9.17, 15) is 4.79 Å². The van der Waals surface area contributed by atoms with Crippen LogP contribution >= 0.6 is 0 Å². The van der Waals surface area contributed by atoms with E-state index in [4.69, 9.17) is 4.74 Å². The zero-order valence-electron chi connectivity index (χ0n) is 16.3. The molecule has 0 spiro atoms. The molecule has 4 rings (SSSR count). The van der Waals surface area contributed by atoms with Gasteiger partial charge in [-0.3, -0.25) is 4.79 Å². The van der Waals surface area contributed by atoms with Crippen LogP contribution in [-0.4, -0.2) is 42.4 Å². The minimum atomic E-state index is -0.198. The van der Waals surface area contributed by atoms with Crippen molar-refractivity contribution in [3.63, 3.8) is 0 Å². The van der Waals surface area contributed by atoms with E-state index in [0.29, 0.717) is 17.2 Å². The summed E-state index contributed by atoms with van der Waals surface area (Å²) in [6, 6.07) is 19.1. The van der Waals surface area contributed by atoms with Crippen molar-refractivity contribution in [2.75, 3.05) is 41.8 Å². The standard InChI is InChI=1S/C22H23N5O2/c1-16-6-2-3-7-17(16)22(28)24-21-11-10-20(25-26-21)23-18-8-4-5-9-19(18)27-12-14-29-15-13-27/h2-11H,12-15H2,1H3,(H,23,25)(H,24,26,28). The summed E-state index contributed by atoms with van der Waals surface area (Å²) in [5.41, 5.74) is 3.60. The molecule has 2 aromatic carbocycles. The number of carbonyl (C=O) groups is 1. The maximum Gasteiger partial charge on any atom is 0.257 e. The Morgan fingerprint density at radius 2 is 1.62 bits per heavy atom. The van der Waals surface area contributed by atoms with Crippen LogP contribution in [0.1, 0.15) is 15.9 Å². The number of amides is 1. The summed E-state index contributed by atoms with van der Waals surface area (Å²) in [4.78, 5) is 14.7. The summed E-state index contributed by atoms with van der Waals surface area (Å²) in [5, 5.41) is 14.5. The van der Waals surface area contributed by atoms with Gasteiger partial charge in [-0.15, -0.1) is 10.2 Å². The number of ether oxygens (including phenoxy) is 1. The molecule has 0 radical (unpaired) electrons. The number of aryl methyl sites for hydroxylation is 1. The lowest BCUT2D eigenvalue weighted by molar-refractivity contribution is 0.102. The minimum Gasteiger partial charge on any atom is -0.378 e. The van der Waals surface area contributed by atoms with E-state index in [1.165, 1.54) is 0 Å². The lowest BCUT2D eigenvalue weighted by atomic mass is 10.1. The molecule has 2 N–H and O–H groups in total. The zero-order valence-corrected chi connectivity index (χ0v) is 16.3. The van der Waals surface area contributed by atoms with Crippen LogP contribution in [0.15, 0.2) is 60.7 Å². The number of hydrogen-bond acceptors (Lipinski definition) is 6. The lowest BCUT2D eigenvalue weighted by Crippen LogP contribution is -2.36. The smallest absolute Gasteiger partial charge is 0.257 e. The van der Waals surface area contributed by atoms with Crippen LogP contribution in [0.4, 0.5) is 23.0 Å². The summed E-state index contributed by atoms with van der Waals surface area (Å²) < 4.78 is 5.44. The molecule has 1 aliphatic rings. The fourth-order valence-electron chi connectivity index (χ4n) is 3.27. The number of benzene rings is 2. The molecule has 7 heteroatoms. The van der Waals surface area contributed by atoms with Crippen LogP contribution < -0.4 is 15.5 Å². The highest BCUT2D eigenvalue weighted by Gasteiger charge is 2.15. The highest BCUT2D eigenvalue weighted by Crippen LogP contribution is 2.28. The molecular weight excluding hydrogens is 366 g/mol. The molecule has 1 amide bonds. The monoisotopic (exact) mass is 389 g/mol. The molecule has 0 saturated carbocycles. The zero-order chi connectivity index (χ0) is 20.1. The Morgan fingerprint density at radius 1 is 0.931 bits per heavy atom. The third-order valence-electron chi connectivity index (χ3n) is 4.81. The number of nitrogens with zero attached hydrogens (tertiary/aromatic N) is 3. The first-order valence-corrected chi connectivity index (χ1v) is 9.60. The van der Waals surface area contributed by atoms with E-state index < -0.39 is 0 Å². The molecule has 148 valence electrons. The van der Waals surface area contributed by atoms with Crippen molar-refractivity contribution >= 4 is 28.9 Å². The third-order valence-corrected chi connectivity index (χ3v) is 4.81. The SMILES string of the molecule is Cc1ccccc1C(=O)Nc1ccc(Nc2ccccc2N2CCOCC2)nn1. The van der Waals surface area contributed by atoms with Crippen molar-refractivity contribution in [2.24, 2.45) is 0 Å². The number of hydrogen-bond donors (Lipinski definition) is 2. The van der Waals surface area contributed by atoms with Crippen molar-refractivity contribution < 1.29 is 9.53 Å². The number of rotatable bonds is 5. The highest BCUT2D eigenvalue weighted by molar-refractivity contribution is 6.04. The molecule has 0 aliphatic carbocycles. The number of carbonyl (C=O) groups excluding carboxylic acids is 1. The molecule has 1 aliphatic heterocycles. The second-order valence-corrected chi connectivity index (χ2v) is 6.81. The number of nitrogens with one attached hydrogen (secondary N) is 2. The van der Waals surface area contributed by atoms with Gasteiger partial charge in [-0.05, 0) is 42.8 Å². The lowest BCUT2D eigenvalue weighted by Gasteiger charge is -2.30. The van der Waals surface area contributed by atoms with Crippen molar-refractivity contribution in [3.05, 3.63) is 71.8 Å². The molecule has 0 bridgehead atoms. The van der Waals surface area contributed by atoms with Crippen LogP contribution in [0, 0.1) is 6.92 Å². The molecule has 1 aromatic heterocycles. The molecule has 1 saturated heterocycles. The Labute approximate surface area is 169 Å². The van der Waals surface area contributed by atoms with E-state index in [2.05, 4.69) is 31.8 Å². The van der Waals surface area contributed by atoms with Crippen LogP contribution in [0.2, 0.25) is 0 Å².